The second-order valence-electron chi connectivity index (χ2n) is 4.04. The zero-order valence-corrected chi connectivity index (χ0v) is 10.6. The highest BCUT2D eigenvalue weighted by Gasteiger charge is 2.10. The molecule has 0 amide bonds. The summed E-state index contributed by atoms with van der Waals surface area (Å²) >= 11 is 6.11. The molecule has 3 aromatic rings. The number of hydrogen-bond donors (Lipinski definition) is 2. The molecule has 0 atom stereocenters. The standard InChI is InChI=1S/C14H10ClN3O/c15-12-7-2-1-6-11(12)14-16-13(17-18-14)9-4-3-5-10(19)8-9/h1-8,19H,(H,16,17,18). The third kappa shape index (κ3) is 2.30. The fraction of sp³-hybridized carbons (Fsp3) is 0. The summed E-state index contributed by atoms with van der Waals surface area (Å²) in [6, 6.07) is 14.2. The summed E-state index contributed by atoms with van der Waals surface area (Å²) in [5.41, 5.74) is 1.54. The van der Waals surface area contributed by atoms with E-state index in [9.17, 15) is 5.11 Å². The van der Waals surface area contributed by atoms with Crippen LogP contribution in [0.5, 0.6) is 5.75 Å². The lowest BCUT2D eigenvalue weighted by molar-refractivity contribution is 0.475. The van der Waals surface area contributed by atoms with Crippen LogP contribution in [-0.2, 0) is 0 Å². The molecule has 0 radical (unpaired) electrons. The number of H-pyrrole nitrogens is 1. The first-order valence-electron chi connectivity index (χ1n) is 5.71. The quantitative estimate of drug-likeness (QED) is 0.750. The van der Waals surface area contributed by atoms with E-state index in [0.717, 1.165) is 11.1 Å². The minimum atomic E-state index is 0.182. The predicted octanol–water partition coefficient (Wildman–Crippen LogP) is 3.50. The Morgan fingerprint density at radius 3 is 2.68 bits per heavy atom. The molecule has 0 aliphatic rings. The monoisotopic (exact) mass is 271 g/mol. The zero-order chi connectivity index (χ0) is 13.2. The van der Waals surface area contributed by atoms with E-state index in [1.54, 1.807) is 24.3 Å². The maximum Gasteiger partial charge on any atom is 0.181 e. The van der Waals surface area contributed by atoms with Crippen molar-refractivity contribution in [2.75, 3.05) is 0 Å². The number of nitrogens with zero attached hydrogens (tertiary/aromatic N) is 2. The van der Waals surface area contributed by atoms with E-state index >= 15 is 0 Å². The molecule has 0 fully saturated rings. The normalized spacial score (nSPS) is 10.6. The third-order valence-electron chi connectivity index (χ3n) is 2.72. The SMILES string of the molecule is Oc1cccc(-c2n[nH]c(-c3ccccc3Cl)n2)c1. The molecule has 19 heavy (non-hydrogen) atoms. The average Bonchev–Trinajstić information content (AvgIpc) is 2.89. The number of hydrogen-bond acceptors (Lipinski definition) is 3. The Morgan fingerprint density at radius 2 is 1.89 bits per heavy atom. The minimum Gasteiger partial charge on any atom is -0.508 e. The second-order valence-corrected chi connectivity index (χ2v) is 4.44. The number of aromatic nitrogens is 3. The smallest absolute Gasteiger partial charge is 0.181 e. The number of nitrogens with one attached hydrogen (secondary N) is 1. The lowest BCUT2D eigenvalue weighted by Crippen LogP contribution is -1.82. The Labute approximate surface area is 114 Å². The molecular weight excluding hydrogens is 262 g/mol. The fourth-order valence-electron chi connectivity index (χ4n) is 1.81. The van der Waals surface area contributed by atoms with E-state index in [4.69, 9.17) is 11.6 Å². The molecule has 4 nitrogen and oxygen atoms in total. The van der Waals surface area contributed by atoms with Gasteiger partial charge in [-0.1, -0.05) is 35.9 Å². The van der Waals surface area contributed by atoms with Crippen LogP contribution in [-0.4, -0.2) is 20.3 Å². The third-order valence-corrected chi connectivity index (χ3v) is 3.05. The Kier molecular flexibility index (Phi) is 2.93. The molecular formula is C14H10ClN3O. The van der Waals surface area contributed by atoms with Crippen LogP contribution in [0, 0.1) is 0 Å². The first-order chi connectivity index (χ1) is 9.24. The highest BCUT2D eigenvalue weighted by Crippen LogP contribution is 2.27. The van der Waals surface area contributed by atoms with Gasteiger partial charge in [0.15, 0.2) is 11.6 Å². The van der Waals surface area contributed by atoms with Crippen LogP contribution in [0.4, 0.5) is 0 Å². The molecule has 2 N–H and O–H groups in total. The van der Waals surface area contributed by atoms with E-state index in [0.29, 0.717) is 16.7 Å². The zero-order valence-electron chi connectivity index (χ0n) is 9.84. The van der Waals surface area contributed by atoms with Crippen molar-refractivity contribution in [1.29, 1.82) is 0 Å². The summed E-state index contributed by atoms with van der Waals surface area (Å²) < 4.78 is 0. The second kappa shape index (κ2) is 4.74. The predicted molar refractivity (Wildman–Crippen MR) is 73.9 cm³/mol. The van der Waals surface area contributed by atoms with Crippen LogP contribution in [0.25, 0.3) is 22.8 Å². The highest BCUT2D eigenvalue weighted by atomic mass is 35.5. The van der Waals surface area contributed by atoms with Gasteiger partial charge in [0.25, 0.3) is 0 Å². The average molecular weight is 272 g/mol. The molecule has 0 unspecified atom stereocenters. The Bertz CT molecular complexity index is 724. The molecule has 0 saturated heterocycles. The Hall–Kier alpha value is -2.33. The molecule has 0 saturated carbocycles. The molecule has 3 rings (SSSR count). The molecule has 1 heterocycles. The van der Waals surface area contributed by atoms with Crippen molar-refractivity contribution in [3.8, 4) is 28.5 Å². The minimum absolute atomic E-state index is 0.182. The van der Waals surface area contributed by atoms with E-state index < -0.39 is 0 Å². The molecule has 1 aromatic heterocycles. The van der Waals surface area contributed by atoms with Crippen molar-refractivity contribution in [3.05, 3.63) is 53.6 Å². The van der Waals surface area contributed by atoms with Crippen LogP contribution in [0.3, 0.4) is 0 Å². The van der Waals surface area contributed by atoms with Gasteiger partial charge in [-0.3, -0.25) is 5.10 Å². The first kappa shape index (κ1) is 11.7. The first-order valence-corrected chi connectivity index (χ1v) is 6.08. The van der Waals surface area contributed by atoms with E-state index in [2.05, 4.69) is 15.2 Å². The largest absolute Gasteiger partial charge is 0.508 e. The number of phenolic OH excluding ortho intramolecular Hbond substituents is 1. The number of halogens is 1. The molecule has 0 aliphatic heterocycles. The van der Waals surface area contributed by atoms with Gasteiger partial charge in [0.1, 0.15) is 5.75 Å². The number of rotatable bonds is 2. The van der Waals surface area contributed by atoms with Gasteiger partial charge in [-0.05, 0) is 24.3 Å². The van der Waals surface area contributed by atoms with Crippen LogP contribution in [0.15, 0.2) is 48.5 Å². The molecule has 0 spiro atoms. The molecule has 94 valence electrons. The summed E-state index contributed by atoms with van der Waals surface area (Å²) in [5, 5.41) is 17.1. The summed E-state index contributed by atoms with van der Waals surface area (Å²) in [7, 11) is 0. The fourth-order valence-corrected chi connectivity index (χ4v) is 2.03. The van der Waals surface area contributed by atoms with Crippen molar-refractivity contribution in [2.24, 2.45) is 0 Å². The van der Waals surface area contributed by atoms with Crippen LogP contribution in [0.1, 0.15) is 0 Å². The van der Waals surface area contributed by atoms with Crippen LogP contribution >= 0.6 is 11.6 Å². The lowest BCUT2D eigenvalue weighted by atomic mass is 10.2. The van der Waals surface area contributed by atoms with Gasteiger partial charge in [-0.15, -0.1) is 0 Å². The summed E-state index contributed by atoms with van der Waals surface area (Å²) in [4.78, 5) is 4.39. The van der Waals surface area contributed by atoms with Gasteiger partial charge < -0.3 is 5.11 Å². The number of phenols is 1. The molecule has 2 aromatic carbocycles. The van der Waals surface area contributed by atoms with Crippen molar-refractivity contribution in [3.63, 3.8) is 0 Å². The molecule has 0 aliphatic carbocycles. The lowest BCUT2D eigenvalue weighted by Gasteiger charge is -1.98. The van der Waals surface area contributed by atoms with E-state index in [1.165, 1.54) is 0 Å². The highest BCUT2D eigenvalue weighted by molar-refractivity contribution is 6.33. The van der Waals surface area contributed by atoms with Gasteiger partial charge in [0.05, 0.1) is 5.02 Å². The Balaban J connectivity index is 2.03. The van der Waals surface area contributed by atoms with Gasteiger partial charge in [0, 0.05) is 11.1 Å². The number of aromatic hydroxyl groups is 1. The van der Waals surface area contributed by atoms with Crippen molar-refractivity contribution >= 4 is 11.6 Å². The van der Waals surface area contributed by atoms with Gasteiger partial charge >= 0.3 is 0 Å². The maximum atomic E-state index is 9.46. The number of benzene rings is 2. The Morgan fingerprint density at radius 1 is 1.05 bits per heavy atom. The van der Waals surface area contributed by atoms with E-state index in [1.807, 2.05) is 24.3 Å². The number of aromatic amines is 1. The summed E-state index contributed by atoms with van der Waals surface area (Å²) in [6.07, 6.45) is 0. The topological polar surface area (TPSA) is 61.8 Å². The van der Waals surface area contributed by atoms with Crippen molar-refractivity contribution in [2.45, 2.75) is 0 Å². The summed E-state index contributed by atoms with van der Waals surface area (Å²) in [6.45, 7) is 0. The van der Waals surface area contributed by atoms with Gasteiger partial charge in [-0.2, -0.15) is 5.10 Å². The maximum absolute atomic E-state index is 9.46. The van der Waals surface area contributed by atoms with Gasteiger partial charge in [0.2, 0.25) is 0 Å². The summed E-state index contributed by atoms with van der Waals surface area (Å²) in [5.74, 6) is 1.30. The molecule has 5 heteroatoms. The van der Waals surface area contributed by atoms with E-state index in [-0.39, 0.29) is 5.75 Å². The van der Waals surface area contributed by atoms with Crippen molar-refractivity contribution in [1.82, 2.24) is 15.2 Å². The molecule has 0 bridgehead atoms. The van der Waals surface area contributed by atoms with Crippen LogP contribution < -0.4 is 0 Å². The van der Waals surface area contributed by atoms with Crippen LogP contribution in [0.2, 0.25) is 5.02 Å². The van der Waals surface area contributed by atoms with Gasteiger partial charge in [-0.25, -0.2) is 4.98 Å². The van der Waals surface area contributed by atoms with Crippen molar-refractivity contribution < 1.29 is 5.11 Å².